The predicted molar refractivity (Wildman–Crippen MR) is 120 cm³/mol. The van der Waals surface area contributed by atoms with E-state index in [0.29, 0.717) is 16.3 Å². The van der Waals surface area contributed by atoms with Gasteiger partial charge in [-0.15, -0.1) is 0 Å². The molecule has 2 aromatic carbocycles. The summed E-state index contributed by atoms with van der Waals surface area (Å²) < 4.78 is 0. The zero-order valence-corrected chi connectivity index (χ0v) is 17.6. The second kappa shape index (κ2) is 10.7. The molecule has 1 amide bonds. The lowest BCUT2D eigenvalue weighted by molar-refractivity contribution is -0.122. The van der Waals surface area contributed by atoms with Gasteiger partial charge < -0.3 is 10.4 Å². The molecule has 1 aliphatic rings. The number of piperidine rings is 1. The molecule has 8 nitrogen and oxygen atoms in total. The number of carbonyl (C=O) groups excluding carboxylic acids is 1. The number of hydrogen-bond acceptors (Lipinski definition) is 5. The number of aromatic amines is 1. The Kier molecular flexibility index (Phi) is 7.75. The zero-order chi connectivity index (χ0) is 22.2. The summed E-state index contributed by atoms with van der Waals surface area (Å²) in [7, 11) is 0. The molecule has 9 heteroatoms. The Balaban J connectivity index is 0.000000858. The van der Waals surface area contributed by atoms with Crippen LogP contribution in [0.3, 0.4) is 0 Å². The number of aromatic nitrogens is 2. The first kappa shape index (κ1) is 22.5. The maximum Gasteiger partial charge on any atom is 0.290 e. The maximum atomic E-state index is 12.7. The third-order valence-corrected chi connectivity index (χ3v) is 5.33. The van der Waals surface area contributed by atoms with E-state index in [-0.39, 0.29) is 23.1 Å². The Labute approximate surface area is 183 Å². The third kappa shape index (κ3) is 5.90. The molecule has 0 unspecified atom stereocenters. The first-order valence-corrected chi connectivity index (χ1v) is 10.3. The molecular weight excluding hydrogens is 420 g/mol. The largest absolute Gasteiger partial charge is 0.483 e. The van der Waals surface area contributed by atoms with Crippen molar-refractivity contribution in [3.05, 3.63) is 69.1 Å². The van der Waals surface area contributed by atoms with Crippen molar-refractivity contribution in [3.8, 4) is 0 Å². The molecule has 1 aliphatic heterocycles. The Hall–Kier alpha value is -3.23. The van der Waals surface area contributed by atoms with Crippen molar-refractivity contribution in [1.29, 1.82) is 0 Å². The van der Waals surface area contributed by atoms with Crippen LogP contribution in [0.25, 0.3) is 10.8 Å². The summed E-state index contributed by atoms with van der Waals surface area (Å²) in [5, 5.41) is 16.9. The van der Waals surface area contributed by atoms with Gasteiger partial charge in [0.25, 0.3) is 17.9 Å². The van der Waals surface area contributed by atoms with E-state index < -0.39 is 0 Å². The first-order valence-electron chi connectivity index (χ1n) is 9.90. The Morgan fingerprint density at radius 1 is 1.16 bits per heavy atom. The molecule has 162 valence electrons. The number of anilines is 1. The van der Waals surface area contributed by atoms with Crippen LogP contribution >= 0.6 is 11.6 Å². The van der Waals surface area contributed by atoms with Crippen LogP contribution in [-0.2, 0) is 11.3 Å². The summed E-state index contributed by atoms with van der Waals surface area (Å²) in [4.78, 5) is 35.3. The fourth-order valence-corrected chi connectivity index (χ4v) is 3.80. The summed E-state index contributed by atoms with van der Waals surface area (Å²) >= 11 is 6.06. The Bertz CT molecular complexity index is 1130. The van der Waals surface area contributed by atoms with Crippen LogP contribution < -0.4 is 10.9 Å². The highest BCUT2D eigenvalue weighted by Gasteiger charge is 2.13. The monoisotopic (exact) mass is 442 g/mol. The minimum absolute atomic E-state index is 0.160. The van der Waals surface area contributed by atoms with Gasteiger partial charge in [0.05, 0.1) is 5.39 Å². The quantitative estimate of drug-likeness (QED) is 0.532. The van der Waals surface area contributed by atoms with Crippen molar-refractivity contribution < 1.29 is 14.7 Å². The summed E-state index contributed by atoms with van der Waals surface area (Å²) in [6.45, 7) is 2.90. The molecule has 31 heavy (non-hydrogen) atoms. The standard InChI is InChI=1S/C21H21ClN4O2.CH2O2/c22-19-18-12-15(7-8-17(18)21(28)25-24-19)20(27)23-16-6-4-5-14(11-16)13-26-9-2-1-3-10-26;2-1-3/h4-8,11-12H,1-3,9-10,13H2,(H,23,27)(H,25,28);1H,(H,2,3). The molecule has 0 radical (unpaired) electrons. The van der Waals surface area contributed by atoms with Crippen molar-refractivity contribution in [2.24, 2.45) is 0 Å². The molecular formula is C22H23ClN4O4. The number of hydrogen-bond donors (Lipinski definition) is 3. The molecule has 2 heterocycles. The van der Waals surface area contributed by atoms with E-state index >= 15 is 0 Å². The fourth-order valence-electron chi connectivity index (χ4n) is 3.60. The van der Waals surface area contributed by atoms with Gasteiger partial charge in [0.1, 0.15) is 0 Å². The van der Waals surface area contributed by atoms with Crippen LogP contribution in [0.1, 0.15) is 35.2 Å². The summed E-state index contributed by atoms with van der Waals surface area (Å²) in [6, 6.07) is 12.7. The molecule has 0 aliphatic carbocycles. The fraction of sp³-hybridized carbons (Fsp3) is 0.273. The van der Waals surface area contributed by atoms with Gasteiger partial charge in [0.2, 0.25) is 0 Å². The first-order chi connectivity index (χ1) is 15.0. The molecule has 1 aromatic heterocycles. The van der Waals surface area contributed by atoms with Crippen molar-refractivity contribution in [3.63, 3.8) is 0 Å². The molecule has 4 rings (SSSR count). The van der Waals surface area contributed by atoms with Crippen LogP contribution in [0.15, 0.2) is 47.3 Å². The molecule has 3 N–H and O–H groups in total. The van der Waals surface area contributed by atoms with E-state index in [1.165, 1.54) is 24.8 Å². The summed E-state index contributed by atoms with van der Waals surface area (Å²) in [6.07, 6.45) is 3.81. The van der Waals surface area contributed by atoms with Gasteiger partial charge in [-0.25, -0.2) is 5.10 Å². The molecule has 0 bridgehead atoms. The van der Waals surface area contributed by atoms with E-state index in [2.05, 4.69) is 26.5 Å². The highest BCUT2D eigenvalue weighted by atomic mass is 35.5. The number of fused-ring (bicyclic) bond motifs is 1. The lowest BCUT2D eigenvalue weighted by Crippen LogP contribution is -2.29. The van der Waals surface area contributed by atoms with Crippen LogP contribution in [0.4, 0.5) is 5.69 Å². The van der Waals surface area contributed by atoms with Crippen LogP contribution in [-0.4, -0.2) is 45.7 Å². The third-order valence-electron chi connectivity index (χ3n) is 5.04. The van der Waals surface area contributed by atoms with Crippen LogP contribution in [0, 0.1) is 0 Å². The SMILES string of the molecule is O=C(Nc1cccc(CN2CCCCC2)c1)c1ccc2c(=O)[nH]nc(Cl)c2c1.O=CO. The van der Waals surface area contributed by atoms with E-state index in [9.17, 15) is 9.59 Å². The van der Waals surface area contributed by atoms with Gasteiger partial charge in [-0.1, -0.05) is 30.2 Å². The number of carbonyl (C=O) groups is 2. The van der Waals surface area contributed by atoms with Gasteiger partial charge in [0.15, 0.2) is 5.15 Å². The van der Waals surface area contributed by atoms with Crippen molar-refractivity contribution in [1.82, 2.24) is 15.1 Å². The number of amides is 1. The maximum absolute atomic E-state index is 12.7. The Morgan fingerprint density at radius 2 is 1.90 bits per heavy atom. The lowest BCUT2D eigenvalue weighted by atomic mass is 10.1. The number of rotatable bonds is 4. The minimum atomic E-state index is -0.336. The Morgan fingerprint density at radius 3 is 2.65 bits per heavy atom. The summed E-state index contributed by atoms with van der Waals surface area (Å²) in [5.74, 6) is -0.256. The van der Waals surface area contributed by atoms with Gasteiger partial charge >= 0.3 is 0 Å². The lowest BCUT2D eigenvalue weighted by Gasteiger charge is -2.26. The van der Waals surface area contributed by atoms with Crippen molar-refractivity contribution in [2.45, 2.75) is 25.8 Å². The number of nitrogens with one attached hydrogen (secondary N) is 2. The molecule has 1 fully saturated rings. The van der Waals surface area contributed by atoms with E-state index in [4.69, 9.17) is 21.5 Å². The van der Waals surface area contributed by atoms with Crippen molar-refractivity contribution in [2.75, 3.05) is 18.4 Å². The number of halogens is 1. The number of H-pyrrole nitrogens is 1. The van der Waals surface area contributed by atoms with Crippen LogP contribution in [0.2, 0.25) is 5.15 Å². The second-order valence-electron chi connectivity index (χ2n) is 7.20. The van der Waals surface area contributed by atoms with Gasteiger partial charge in [0, 0.05) is 23.2 Å². The van der Waals surface area contributed by atoms with Crippen molar-refractivity contribution >= 4 is 40.4 Å². The predicted octanol–water partition coefficient (Wildman–Crippen LogP) is 3.52. The van der Waals surface area contributed by atoms with E-state index in [1.807, 2.05) is 18.2 Å². The number of benzene rings is 2. The topological polar surface area (TPSA) is 115 Å². The van der Waals surface area contributed by atoms with E-state index in [0.717, 1.165) is 25.3 Å². The van der Waals surface area contributed by atoms with Crippen LogP contribution in [0.5, 0.6) is 0 Å². The molecule has 3 aromatic rings. The minimum Gasteiger partial charge on any atom is -0.483 e. The van der Waals surface area contributed by atoms with Gasteiger partial charge in [-0.2, -0.15) is 5.10 Å². The number of likely N-dealkylation sites (tertiary alicyclic amines) is 1. The summed E-state index contributed by atoms with van der Waals surface area (Å²) in [5.41, 5.74) is 2.01. The zero-order valence-electron chi connectivity index (χ0n) is 16.8. The van der Waals surface area contributed by atoms with Gasteiger partial charge in [-0.05, 0) is 61.8 Å². The average molecular weight is 443 g/mol. The number of nitrogens with zero attached hydrogens (tertiary/aromatic N) is 2. The molecule has 0 atom stereocenters. The highest BCUT2D eigenvalue weighted by Crippen LogP contribution is 2.21. The normalized spacial score (nSPS) is 13.8. The smallest absolute Gasteiger partial charge is 0.290 e. The molecule has 0 saturated carbocycles. The average Bonchev–Trinajstić information content (AvgIpc) is 2.78. The van der Waals surface area contributed by atoms with E-state index in [1.54, 1.807) is 18.2 Å². The molecule has 1 saturated heterocycles. The number of carboxylic acid groups (broad SMARTS) is 1. The van der Waals surface area contributed by atoms with Gasteiger partial charge in [-0.3, -0.25) is 19.3 Å². The second-order valence-corrected chi connectivity index (χ2v) is 7.56. The highest BCUT2D eigenvalue weighted by molar-refractivity contribution is 6.34. The molecule has 0 spiro atoms.